The van der Waals surface area contributed by atoms with E-state index in [9.17, 15) is 40.7 Å². The number of hydrogen-bond acceptors (Lipinski definition) is 12. The summed E-state index contributed by atoms with van der Waals surface area (Å²) < 4.78 is 123. The van der Waals surface area contributed by atoms with E-state index >= 15 is 0 Å². The fourth-order valence-electron chi connectivity index (χ4n) is 10.9. The van der Waals surface area contributed by atoms with Gasteiger partial charge in [-0.3, -0.25) is 9.59 Å². The maximum atomic E-state index is 14.4. The van der Waals surface area contributed by atoms with Gasteiger partial charge in [0.05, 0.1) is 45.0 Å². The summed E-state index contributed by atoms with van der Waals surface area (Å²) in [4.78, 5) is 28.1. The number of β-lactam (4-membered cyclic amide) rings is 1. The van der Waals surface area contributed by atoms with Crippen molar-refractivity contribution in [2.45, 2.75) is 107 Å². The molecule has 9 atom stereocenters. The Kier molecular flexibility index (Phi) is 20.3. The molecule has 1 saturated carbocycles. The molecule has 0 spiro atoms. The highest BCUT2D eigenvalue weighted by Crippen LogP contribution is 2.48. The number of hydrogen-bond donors (Lipinski definition) is 1. The predicted octanol–water partition coefficient (Wildman–Crippen LogP) is 12.9. The zero-order valence-corrected chi connectivity index (χ0v) is 48.6. The number of anilines is 1. The smallest absolute Gasteiger partial charge is 0.458 e. The summed E-state index contributed by atoms with van der Waals surface area (Å²) in [7, 11) is -6.00. The molecular weight excluding hydrogens is 1150 g/mol. The van der Waals surface area contributed by atoms with Crippen LogP contribution in [0.25, 0.3) is 0 Å². The van der Waals surface area contributed by atoms with Crippen molar-refractivity contribution in [1.29, 1.82) is 0 Å². The topological polar surface area (TPSA) is 156 Å². The van der Waals surface area contributed by atoms with Gasteiger partial charge in [0.25, 0.3) is 0 Å². The first-order valence-electron chi connectivity index (χ1n) is 28.5. The van der Waals surface area contributed by atoms with Gasteiger partial charge in [0.1, 0.15) is 48.2 Å². The lowest BCUT2D eigenvalue weighted by Gasteiger charge is -2.52. The Morgan fingerprint density at radius 3 is 1.42 bits per heavy atom. The molecule has 18 heteroatoms. The van der Waals surface area contributed by atoms with Gasteiger partial charge in [-0.2, -0.15) is 21.6 Å². The van der Waals surface area contributed by atoms with Gasteiger partial charge in [-0.1, -0.05) is 188 Å². The number of amides is 1. The molecule has 1 saturated heterocycles. The minimum absolute atomic E-state index is 0.0213. The highest BCUT2D eigenvalue weighted by Gasteiger charge is 2.62. The Morgan fingerprint density at radius 2 is 1.00 bits per heavy atom. The quantitative estimate of drug-likeness (QED) is 0.0153. The van der Waals surface area contributed by atoms with E-state index in [0.717, 1.165) is 39.9 Å². The first-order valence-corrected chi connectivity index (χ1v) is 29.9. The van der Waals surface area contributed by atoms with E-state index < -0.39 is 93.3 Å². The molecule has 454 valence electrons. The second kappa shape index (κ2) is 28.5. The normalized spacial score (nSPS) is 21.3. The third kappa shape index (κ3) is 15.4. The summed E-state index contributed by atoms with van der Waals surface area (Å²) in [6.45, 7) is 1.59. The van der Waals surface area contributed by atoms with E-state index in [4.69, 9.17) is 28.4 Å². The molecule has 0 aromatic heterocycles. The van der Waals surface area contributed by atoms with E-state index in [1.165, 1.54) is 48.2 Å². The summed E-state index contributed by atoms with van der Waals surface area (Å²) in [5.41, 5.74) is -2.03. The molecule has 88 heavy (non-hydrogen) atoms. The Morgan fingerprint density at radius 1 is 0.580 bits per heavy atom. The number of rotatable bonds is 24. The molecule has 1 aliphatic carbocycles. The van der Waals surface area contributed by atoms with Gasteiger partial charge < -0.3 is 42.6 Å². The lowest BCUT2D eigenvalue weighted by molar-refractivity contribution is -0.301. The first-order chi connectivity index (χ1) is 42.5. The van der Waals surface area contributed by atoms with E-state index in [-0.39, 0.29) is 51.6 Å². The molecule has 0 bridgehead atoms. The van der Waals surface area contributed by atoms with Gasteiger partial charge in [0.2, 0.25) is 5.91 Å². The summed E-state index contributed by atoms with van der Waals surface area (Å²) in [5.74, 6) is 3.61. The molecule has 1 aliphatic heterocycles. The maximum Gasteiger partial charge on any atom is 0.534 e. The molecule has 10 rings (SSSR count). The number of ether oxygens (including phenoxy) is 6. The highest BCUT2D eigenvalue weighted by molar-refractivity contribution is 7.88. The van der Waals surface area contributed by atoms with Crippen molar-refractivity contribution in [2.75, 3.05) is 4.90 Å². The van der Waals surface area contributed by atoms with Crippen LogP contribution in [0.3, 0.4) is 0 Å². The largest absolute Gasteiger partial charge is 0.534 e. The molecule has 8 aromatic carbocycles. The Hall–Kier alpha value is -8.51. The lowest BCUT2D eigenvalue weighted by Crippen LogP contribution is -2.72. The number of carbonyl (C=O) groups is 2. The molecule has 1 heterocycles. The highest BCUT2D eigenvalue weighted by atomic mass is 32.2. The van der Waals surface area contributed by atoms with Crippen LogP contribution in [-0.2, 0) is 81.2 Å². The third-order valence-corrected chi connectivity index (χ3v) is 16.3. The molecule has 8 aromatic rings. The molecule has 2 unspecified atom stereocenters. The second-order valence-electron chi connectivity index (χ2n) is 21.4. The molecule has 2 aliphatic rings. The van der Waals surface area contributed by atoms with E-state index in [0.29, 0.717) is 16.7 Å². The summed E-state index contributed by atoms with van der Waals surface area (Å²) >= 11 is 0. The van der Waals surface area contributed by atoms with Crippen LogP contribution in [0, 0.1) is 23.6 Å². The minimum atomic E-state index is -6.00. The van der Waals surface area contributed by atoms with Crippen LogP contribution in [-0.4, -0.2) is 67.0 Å². The molecule has 1 amide bonds. The fourth-order valence-corrected chi connectivity index (χ4v) is 11.4. The van der Waals surface area contributed by atoms with Crippen molar-refractivity contribution < 1.29 is 73.3 Å². The zero-order valence-electron chi connectivity index (χ0n) is 47.7. The van der Waals surface area contributed by atoms with Gasteiger partial charge in [-0.05, 0) is 100 Å². The lowest BCUT2D eigenvalue weighted by atomic mass is 9.74. The average molecular weight is 1220 g/mol. The Balaban J connectivity index is 1.05. The van der Waals surface area contributed by atoms with Crippen molar-refractivity contribution in [3.05, 3.63) is 275 Å². The van der Waals surface area contributed by atoms with E-state index in [2.05, 4.69) is 16.0 Å². The third-order valence-electron chi connectivity index (χ3n) is 15.3. The SMILES string of the molecule is CC(=O)O[C@@H](CC[C@H]1C(=O)N(c2ccc(OS(=O)(=O)C(F)(F)F)cc2)[C@@H]1c1ccc(C#CC2(O)[C@H](OCc3ccccc3)[C@@H](OCc3ccccc3)C(OCc3ccccc3)[C@@H](OCc3ccccc3)[C@@H]2OCc2ccccc2)cc1)c1ccc(F)cc1. The van der Waals surface area contributed by atoms with Crippen molar-refractivity contribution in [3.63, 3.8) is 0 Å². The number of aliphatic hydroxyl groups is 1. The maximum absolute atomic E-state index is 14.4. The van der Waals surface area contributed by atoms with Crippen LogP contribution >= 0.6 is 0 Å². The Labute approximate surface area is 508 Å². The molecule has 2 fully saturated rings. The zero-order chi connectivity index (χ0) is 61.7. The van der Waals surface area contributed by atoms with Gasteiger partial charge in [0, 0.05) is 18.2 Å². The number of benzene rings is 8. The molecule has 1 N–H and O–H groups in total. The van der Waals surface area contributed by atoms with Gasteiger partial charge >= 0.3 is 21.6 Å². The minimum Gasteiger partial charge on any atom is -0.458 e. The monoisotopic (exact) mass is 1220 g/mol. The Bertz CT molecular complexity index is 3630. The average Bonchev–Trinajstić information content (AvgIpc) is 0.807. The number of esters is 1. The van der Waals surface area contributed by atoms with Crippen LogP contribution in [0.4, 0.5) is 23.2 Å². The number of halogens is 4. The van der Waals surface area contributed by atoms with Crippen LogP contribution in [0.2, 0.25) is 0 Å². The van der Waals surface area contributed by atoms with E-state index in [1.807, 2.05) is 152 Å². The van der Waals surface area contributed by atoms with Gasteiger partial charge in [-0.25, -0.2) is 4.39 Å². The number of carbonyl (C=O) groups excluding carboxylic acids is 2. The second-order valence-corrected chi connectivity index (χ2v) is 22.9. The van der Waals surface area contributed by atoms with E-state index in [1.54, 1.807) is 24.3 Å². The number of nitrogens with zero attached hydrogens (tertiary/aromatic N) is 1. The van der Waals surface area contributed by atoms with Crippen molar-refractivity contribution >= 4 is 27.7 Å². The first kappa shape index (κ1) is 62.5. The summed E-state index contributed by atoms with van der Waals surface area (Å²) in [6, 6.07) is 64.0. The van der Waals surface area contributed by atoms with Crippen LogP contribution in [0.1, 0.15) is 76.4 Å². The summed E-state index contributed by atoms with van der Waals surface area (Å²) in [6.07, 6.45) is -6.21. The van der Waals surface area contributed by atoms with Crippen LogP contribution in [0.15, 0.2) is 224 Å². The van der Waals surface area contributed by atoms with Crippen molar-refractivity contribution in [3.8, 4) is 17.6 Å². The predicted molar refractivity (Wildman–Crippen MR) is 319 cm³/mol. The van der Waals surface area contributed by atoms with Gasteiger partial charge in [0.15, 0.2) is 5.60 Å². The fraction of sp³-hybridized carbons (Fsp3) is 0.257. The standard InChI is InChI=1S/C70H63F4NO12S/c1-48(76)86-61(55-31-33-57(71)34-32-55)40-39-60-62(75(68(60)77)58-35-37-59(38-36-58)87-88(79,80)70(72,73)74)56-29-27-49(28-30-56)41-42-69(78)66(84-46-53-23-13-5-14-24-53)64(82-44-51-19-9-3-10-20-51)63(81-43-50-17-7-2-8-18-50)65(83-45-52-21-11-4-12-22-52)67(69)85-47-54-25-15-6-16-26-54/h2-38,60-67,78H,39-40,43-47H2,1H3/t60-,61+,62-,63?,64-,65+,66+,67-,69?/m1/s1. The van der Waals surface area contributed by atoms with Crippen molar-refractivity contribution in [1.82, 2.24) is 0 Å². The van der Waals surface area contributed by atoms with Crippen LogP contribution < -0.4 is 9.08 Å². The summed E-state index contributed by atoms with van der Waals surface area (Å²) in [5, 5.41) is 14.0. The van der Waals surface area contributed by atoms with Crippen LogP contribution in [0.5, 0.6) is 5.75 Å². The van der Waals surface area contributed by atoms with Gasteiger partial charge in [-0.15, -0.1) is 0 Å². The number of alkyl halides is 3. The molecule has 0 radical (unpaired) electrons. The van der Waals surface area contributed by atoms with Crippen molar-refractivity contribution in [2.24, 2.45) is 5.92 Å². The molecule has 13 nitrogen and oxygen atoms in total. The molecular formula is C70H63F4NO12S.